The van der Waals surface area contributed by atoms with E-state index in [4.69, 9.17) is 11.6 Å². The van der Waals surface area contributed by atoms with E-state index in [0.29, 0.717) is 0 Å². The SMILES string of the molecule is Cc1ccc(CCC(C)C(=O)Cl)cc1. The van der Waals surface area contributed by atoms with Crippen LogP contribution in [0.25, 0.3) is 0 Å². The second-order valence-electron chi connectivity index (χ2n) is 3.73. The molecule has 14 heavy (non-hydrogen) atoms. The van der Waals surface area contributed by atoms with Crippen molar-refractivity contribution in [3.8, 4) is 0 Å². The molecule has 0 spiro atoms. The summed E-state index contributed by atoms with van der Waals surface area (Å²) in [5, 5.41) is -0.239. The first-order valence-corrected chi connectivity index (χ1v) is 5.22. The molecular formula is C12H15ClO. The Labute approximate surface area is 90.1 Å². The Hall–Kier alpha value is -0.820. The summed E-state index contributed by atoms with van der Waals surface area (Å²) in [7, 11) is 0. The second-order valence-corrected chi connectivity index (χ2v) is 4.10. The highest BCUT2D eigenvalue weighted by molar-refractivity contribution is 6.63. The number of halogens is 1. The Kier molecular flexibility index (Phi) is 4.15. The molecule has 0 aliphatic carbocycles. The van der Waals surface area contributed by atoms with Gasteiger partial charge in [-0.1, -0.05) is 36.8 Å². The van der Waals surface area contributed by atoms with E-state index in [9.17, 15) is 4.79 Å². The standard InChI is InChI=1S/C12H15ClO/c1-9-3-6-11(7-4-9)8-5-10(2)12(13)14/h3-4,6-7,10H,5,8H2,1-2H3. The summed E-state index contributed by atoms with van der Waals surface area (Å²) < 4.78 is 0. The van der Waals surface area contributed by atoms with Gasteiger partial charge in [-0.25, -0.2) is 0 Å². The maximum atomic E-state index is 10.8. The van der Waals surface area contributed by atoms with Crippen LogP contribution in [0.3, 0.4) is 0 Å². The van der Waals surface area contributed by atoms with Crippen molar-refractivity contribution in [1.82, 2.24) is 0 Å². The minimum atomic E-state index is -0.239. The van der Waals surface area contributed by atoms with Gasteiger partial charge in [-0.15, -0.1) is 0 Å². The third-order valence-electron chi connectivity index (χ3n) is 2.37. The summed E-state index contributed by atoms with van der Waals surface area (Å²) in [6.07, 6.45) is 1.74. The zero-order valence-electron chi connectivity index (χ0n) is 8.59. The van der Waals surface area contributed by atoms with Crippen LogP contribution in [0.5, 0.6) is 0 Å². The van der Waals surface area contributed by atoms with E-state index >= 15 is 0 Å². The van der Waals surface area contributed by atoms with Gasteiger partial charge < -0.3 is 0 Å². The summed E-state index contributed by atoms with van der Waals surface area (Å²) in [6, 6.07) is 8.37. The third kappa shape index (κ3) is 3.51. The molecule has 0 aliphatic heterocycles. The van der Waals surface area contributed by atoms with Crippen molar-refractivity contribution >= 4 is 16.8 Å². The Morgan fingerprint density at radius 2 is 1.93 bits per heavy atom. The van der Waals surface area contributed by atoms with Crippen molar-refractivity contribution in [1.29, 1.82) is 0 Å². The molecule has 0 N–H and O–H groups in total. The molecule has 0 fully saturated rings. The van der Waals surface area contributed by atoms with Gasteiger partial charge in [0.2, 0.25) is 5.24 Å². The molecule has 1 nitrogen and oxygen atoms in total. The van der Waals surface area contributed by atoms with Gasteiger partial charge in [0.1, 0.15) is 0 Å². The number of carbonyl (C=O) groups excluding carboxylic acids is 1. The lowest BCUT2D eigenvalue weighted by atomic mass is 10.0. The van der Waals surface area contributed by atoms with Crippen LogP contribution in [0.2, 0.25) is 0 Å². The van der Waals surface area contributed by atoms with Gasteiger partial charge >= 0.3 is 0 Å². The Morgan fingerprint density at radius 1 is 1.36 bits per heavy atom. The van der Waals surface area contributed by atoms with Crippen LogP contribution in [0.4, 0.5) is 0 Å². The molecule has 1 aromatic rings. The first-order valence-electron chi connectivity index (χ1n) is 4.84. The van der Waals surface area contributed by atoms with Gasteiger partial charge in [0, 0.05) is 5.92 Å². The smallest absolute Gasteiger partial charge is 0.224 e. The lowest BCUT2D eigenvalue weighted by molar-refractivity contribution is -0.114. The summed E-state index contributed by atoms with van der Waals surface area (Å²) in [5.41, 5.74) is 2.52. The van der Waals surface area contributed by atoms with Crippen molar-refractivity contribution < 1.29 is 4.79 Å². The molecule has 76 valence electrons. The number of benzene rings is 1. The van der Waals surface area contributed by atoms with Gasteiger partial charge in [0.25, 0.3) is 0 Å². The number of carbonyl (C=O) groups is 1. The molecule has 0 saturated heterocycles. The highest BCUT2D eigenvalue weighted by Gasteiger charge is 2.09. The minimum absolute atomic E-state index is 0.0435. The van der Waals surface area contributed by atoms with Crippen molar-refractivity contribution in [3.05, 3.63) is 35.4 Å². The van der Waals surface area contributed by atoms with E-state index in [1.807, 2.05) is 6.92 Å². The molecule has 0 saturated carbocycles. The molecule has 1 unspecified atom stereocenters. The monoisotopic (exact) mass is 210 g/mol. The third-order valence-corrected chi connectivity index (χ3v) is 2.75. The predicted octanol–water partition coefficient (Wildman–Crippen LogP) is 3.33. The van der Waals surface area contributed by atoms with Gasteiger partial charge in [0.15, 0.2) is 0 Å². The van der Waals surface area contributed by atoms with Crippen LogP contribution in [0.1, 0.15) is 24.5 Å². The Bertz CT molecular complexity index is 303. The van der Waals surface area contributed by atoms with Crippen LogP contribution < -0.4 is 0 Å². The number of hydrogen-bond acceptors (Lipinski definition) is 1. The quantitative estimate of drug-likeness (QED) is 0.697. The molecule has 0 amide bonds. The van der Waals surface area contributed by atoms with Crippen LogP contribution in [-0.2, 0) is 11.2 Å². The molecular weight excluding hydrogens is 196 g/mol. The molecule has 1 aromatic carbocycles. The van der Waals surface area contributed by atoms with Gasteiger partial charge in [-0.2, -0.15) is 0 Å². The number of rotatable bonds is 4. The van der Waals surface area contributed by atoms with E-state index in [0.717, 1.165) is 12.8 Å². The maximum absolute atomic E-state index is 10.8. The largest absolute Gasteiger partial charge is 0.281 e. The molecule has 0 aromatic heterocycles. The molecule has 0 aliphatic rings. The van der Waals surface area contributed by atoms with Crippen molar-refractivity contribution in [2.75, 3.05) is 0 Å². The van der Waals surface area contributed by atoms with Crippen LogP contribution in [0, 0.1) is 12.8 Å². The Balaban J connectivity index is 2.46. The zero-order chi connectivity index (χ0) is 10.6. The van der Waals surface area contributed by atoms with Gasteiger partial charge in [-0.3, -0.25) is 4.79 Å². The van der Waals surface area contributed by atoms with Gasteiger partial charge in [0.05, 0.1) is 0 Å². The van der Waals surface area contributed by atoms with Crippen LogP contribution in [-0.4, -0.2) is 5.24 Å². The molecule has 0 bridgehead atoms. The highest BCUT2D eigenvalue weighted by Crippen LogP contribution is 2.12. The van der Waals surface area contributed by atoms with Crippen molar-refractivity contribution in [2.45, 2.75) is 26.7 Å². The van der Waals surface area contributed by atoms with E-state index in [2.05, 4.69) is 31.2 Å². The minimum Gasteiger partial charge on any atom is -0.281 e. The van der Waals surface area contributed by atoms with Crippen molar-refractivity contribution in [3.63, 3.8) is 0 Å². The average molecular weight is 211 g/mol. The van der Waals surface area contributed by atoms with Crippen LogP contribution >= 0.6 is 11.6 Å². The predicted molar refractivity (Wildman–Crippen MR) is 59.5 cm³/mol. The lowest BCUT2D eigenvalue weighted by Gasteiger charge is -2.05. The highest BCUT2D eigenvalue weighted by atomic mass is 35.5. The molecule has 2 heteroatoms. The topological polar surface area (TPSA) is 17.1 Å². The van der Waals surface area contributed by atoms with E-state index < -0.39 is 0 Å². The Morgan fingerprint density at radius 3 is 2.43 bits per heavy atom. The summed E-state index contributed by atoms with van der Waals surface area (Å²) in [4.78, 5) is 10.8. The number of aryl methyl sites for hydroxylation is 2. The second kappa shape index (κ2) is 5.16. The molecule has 0 radical (unpaired) electrons. The molecule has 0 heterocycles. The fourth-order valence-electron chi connectivity index (χ4n) is 1.25. The lowest BCUT2D eigenvalue weighted by Crippen LogP contribution is -2.04. The average Bonchev–Trinajstić information content (AvgIpc) is 2.16. The first-order chi connectivity index (χ1) is 6.59. The molecule has 1 atom stereocenters. The number of hydrogen-bond donors (Lipinski definition) is 0. The first kappa shape index (κ1) is 11.3. The molecule has 1 rings (SSSR count). The van der Waals surface area contributed by atoms with E-state index in [1.165, 1.54) is 11.1 Å². The summed E-state index contributed by atoms with van der Waals surface area (Å²) >= 11 is 5.38. The fraction of sp³-hybridized carbons (Fsp3) is 0.417. The van der Waals surface area contributed by atoms with Crippen LogP contribution in [0.15, 0.2) is 24.3 Å². The van der Waals surface area contributed by atoms with E-state index in [-0.39, 0.29) is 11.2 Å². The van der Waals surface area contributed by atoms with Gasteiger partial charge in [-0.05, 0) is 36.9 Å². The summed E-state index contributed by atoms with van der Waals surface area (Å²) in [5.74, 6) is -0.0435. The van der Waals surface area contributed by atoms with E-state index in [1.54, 1.807) is 0 Å². The zero-order valence-corrected chi connectivity index (χ0v) is 9.34. The fourth-order valence-corrected chi connectivity index (χ4v) is 1.36. The maximum Gasteiger partial charge on any atom is 0.224 e. The normalized spacial score (nSPS) is 12.5. The van der Waals surface area contributed by atoms with Crippen molar-refractivity contribution in [2.24, 2.45) is 5.92 Å². The summed E-state index contributed by atoms with van der Waals surface area (Å²) in [6.45, 7) is 3.93.